The molecule has 0 saturated carbocycles. The Morgan fingerprint density at radius 1 is 1.23 bits per heavy atom. The maximum atomic E-state index is 13.6. The number of halogens is 1. The predicted octanol–water partition coefficient (Wildman–Crippen LogP) is 2.78. The summed E-state index contributed by atoms with van der Waals surface area (Å²) in [7, 11) is 3.97. The van der Waals surface area contributed by atoms with Gasteiger partial charge < -0.3 is 20.6 Å². The average Bonchev–Trinajstić information content (AvgIpc) is 2.59. The van der Waals surface area contributed by atoms with Crippen LogP contribution in [0.2, 0.25) is 0 Å². The molecule has 148 valence electrons. The number of hydrogen-bond acceptors (Lipinski definition) is 3. The first-order chi connectivity index (χ1) is 12.5. The maximum absolute atomic E-state index is 13.6. The SMILES string of the molecule is CCCC(CCO)CN=C(NCC)NCC(c1cccc(F)c1)N(C)C. The maximum Gasteiger partial charge on any atom is 0.191 e. The number of likely N-dealkylation sites (N-methyl/N-ethyl adjacent to an activating group) is 1. The van der Waals surface area contributed by atoms with Crippen molar-refractivity contribution in [2.45, 2.75) is 39.2 Å². The van der Waals surface area contributed by atoms with Gasteiger partial charge in [-0.2, -0.15) is 0 Å². The number of nitrogens with zero attached hydrogens (tertiary/aromatic N) is 2. The molecule has 0 fully saturated rings. The molecule has 2 unspecified atom stereocenters. The second kappa shape index (κ2) is 12.7. The number of aliphatic hydroxyl groups excluding tert-OH is 1. The van der Waals surface area contributed by atoms with Gasteiger partial charge in [0.25, 0.3) is 0 Å². The van der Waals surface area contributed by atoms with Crippen LogP contribution in [0.15, 0.2) is 29.3 Å². The van der Waals surface area contributed by atoms with Crippen LogP contribution in [0, 0.1) is 11.7 Å². The Hall–Kier alpha value is -1.66. The highest BCUT2D eigenvalue weighted by molar-refractivity contribution is 5.79. The van der Waals surface area contributed by atoms with Crippen molar-refractivity contribution in [3.05, 3.63) is 35.6 Å². The normalized spacial score (nSPS) is 14.3. The molecule has 0 saturated heterocycles. The number of aliphatic imine (C=N–C) groups is 1. The minimum Gasteiger partial charge on any atom is -0.396 e. The summed E-state index contributed by atoms with van der Waals surface area (Å²) in [5, 5.41) is 15.8. The summed E-state index contributed by atoms with van der Waals surface area (Å²) < 4.78 is 13.6. The van der Waals surface area contributed by atoms with Crippen molar-refractivity contribution in [3.8, 4) is 0 Å². The van der Waals surface area contributed by atoms with Crippen molar-refractivity contribution >= 4 is 5.96 Å². The molecule has 1 aromatic rings. The minimum atomic E-state index is -0.221. The van der Waals surface area contributed by atoms with E-state index in [0.29, 0.717) is 19.0 Å². The number of hydrogen-bond donors (Lipinski definition) is 3. The molecule has 0 amide bonds. The van der Waals surface area contributed by atoms with Gasteiger partial charge in [-0.3, -0.25) is 4.99 Å². The highest BCUT2D eigenvalue weighted by atomic mass is 19.1. The molecule has 0 aliphatic heterocycles. The van der Waals surface area contributed by atoms with Gasteiger partial charge in [-0.15, -0.1) is 0 Å². The minimum absolute atomic E-state index is 0.0402. The van der Waals surface area contributed by atoms with Gasteiger partial charge in [-0.05, 0) is 57.5 Å². The third-order valence-corrected chi connectivity index (χ3v) is 4.41. The van der Waals surface area contributed by atoms with Gasteiger partial charge in [0.1, 0.15) is 5.82 Å². The molecule has 1 aromatic carbocycles. The van der Waals surface area contributed by atoms with E-state index >= 15 is 0 Å². The van der Waals surface area contributed by atoms with Crippen LogP contribution in [0.1, 0.15) is 44.7 Å². The fourth-order valence-corrected chi connectivity index (χ4v) is 2.99. The molecule has 0 radical (unpaired) electrons. The molecule has 2 atom stereocenters. The Morgan fingerprint density at radius 3 is 2.58 bits per heavy atom. The molecule has 0 aromatic heterocycles. The van der Waals surface area contributed by atoms with Crippen molar-refractivity contribution < 1.29 is 9.50 Å². The Bertz CT molecular complexity index is 530. The first kappa shape index (κ1) is 22.4. The van der Waals surface area contributed by atoms with Crippen LogP contribution in [-0.4, -0.2) is 56.3 Å². The van der Waals surface area contributed by atoms with Gasteiger partial charge in [0.2, 0.25) is 0 Å². The Kier molecular flexibility index (Phi) is 10.9. The second-order valence-electron chi connectivity index (χ2n) is 6.80. The van der Waals surface area contributed by atoms with E-state index in [0.717, 1.165) is 37.3 Å². The molecule has 0 spiro atoms. The van der Waals surface area contributed by atoms with Crippen molar-refractivity contribution in [1.29, 1.82) is 0 Å². The Morgan fingerprint density at radius 2 is 2.00 bits per heavy atom. The fraction of sp³-hybridized carbons (Fsp3) is 0.650. The fourth-order valence-electron chi connectivity index (χ4n) is 2.99. The topological polar surface area (TPSA) is 59.9 Å². The first-order valence-electron chi connectivity index (χ1n) is 9.56. The highest BCUT2D eigenvalue weighted by Crippen LogP contribution is 2.18. The third-order valence-electron chi connectivity index (χ3n) is 4.41. The molecule has 0 aliphatic rings. The zero-order valence-corrected chi connectivity index (χ0v) is 16.6. The van der Waals surface area contributed by atoms with E-state index in [1.807, 2.05) is 27.1 Å². The molecular formula is C20H35FN4O. The van der Waals surface area contributed by atoms with Crippen LogP contribution >= 0.6 is 0 Å². The van der Waals surface area contributed by atoms with Crippen LogP contribution in [0.4, 0.5) is 4.39 Å². The van der Waals surface area contributed by atoms with Crippen molar-refractivity contribution in [3.63, 3.8) is 0 Å². The molecule has 5 nitrogen and oxygen atoms in total. The molecule has 0 heterocycles. The summed E-state index contributed by atoms with van der Waals surface area (Å²) in [4.78, 5) is 6.75. The Labute approximate surface area is 157 Å². The van der Waals surface area contributed by atoms with Crippen LogP contribution < -0.4 is 10.6 Å². The van der Waals surface area contributed by atoms with Crippen molar-refractivity contribution in [2.75, 3.05) is 40.3 Å². The largest absolute Gasteiger partial charge is 0.396 e. The quantitative estimate of drug-likeness (QED) is 0.416. The van der Waals surface area contributed by atoms with Crippen LogP contribution in [0.5, 0.6) is 0 Å². The lowest BCUT2D eigenvalue weighted by Gasteiger charge is -2.26. The lowest BCUT2D eigenvalue weighted by molar-refractivity contribution is 0.253. The summed E-state index contributed by atoms with van der Waals surface area (Å²) in [6, 6.07) is 6.76. The number of benzene rings is 1. The number of nitrogens with one attached hydrogen (secondary N) is 2. The molecule has 26 heavy (non-hydrogen) atoms. The zero-order valence-electron chi connectivity index (χ0n) is 16.6. The number of rotatable bonds is 11. The molecule has 6 heteroatoms. The van der Waals surface area contributed by atoms with Gasteiger partial charge in [0.15, 0.2) is 5.96 Å². The van der Waals surface area contributed by atoms with E-state index in [9.17, 15) is 9.50 Å². The van der Waals surface area contributed by atoms with Gasteiger partial charge in [-0.1, -0.05) is 25.5 Å². The standard InChI is InChI=1S/C20H35FN4O/c1-5-8-16(11-12-26)14-23-20(22-6-2)24-15-19(25(3)4)17-9-7-10-18(21)13-17/h7,9-10,13,16,19,26H,5-6,8,11-12,14-15H2,1-4H3,(H2,22,23,24). The van der Waals surface area contributed by atoms with E-state index in [2.05, 4.69) is 27.4 Å². The second-order valence-corrected chi connectivity index (χ2v) is 6.80. The summed E-state index contributed by atoms with van der Waals surface area (Å²) in [6.45, 7) is 6.48. The molecule has 1 rings (SSSR count). The van der Waals surface area contributed by atoms with Crippen LogP contribution in [0.25, 0.3) is 0 Å². The first-order valence-corrected chi connectivity index (χ1v) is 9.56. The van der Waals surface area contributed by atoms with Gasteiger partial charge in [0, 0.05) is 26.2 Å². The molecule has 0 bridgehead atoms. The van der Waals surface area contributed by atoms with E-state index in [4.69, 9.17) is 0 Å². The van der Waals surface area contributed by atoms with E-state index < -0.39 is 0 Å². The summed E-state index contributed by atoms with van der Waals surface area (Å²) >= 11 is 0. The molecule has 0 aliphatic carbocycles. The highest BCUT2D eigenvalue weighted by Gasteiger charge is 2.15. The third kappa shape index (κ3) is 8.15. The summed E-state index contributed by atoms with van der Waals surface area (Å²) in [5.41, 5.74) is 0.933. The van der Waals surface area contributed by atoms with Gasteiger partial charge in [-0.25, -0.2) is 4.39 Å². The summed E-state index contributed by atoms with van der Waals surface area (Å²) in [5.74, 6) is 0.935. The number of aliphatic hydroxyl groups is 1. The average molecular weight is 367 g/mol. The van der Waals surface area contributed by atoms with E-state index in [1.54, 1.807) is 12.1 Å². The van der Waals surface area contributed by atoms with Crippen LogP contribution in [-0.2, 0) is 0 Å². The lowest BCUT2D eigenvalue weighted by Crippen LogP contribution is -2.42. The zero-order chi connectivity index (χ0) is 19.4. The smallest absolute Gasteiger partial charge is 0.191 e. The van der Waals surface area contributed by atoms with Gasteiger partial charge in [0.05, 0.1) is 6.04 Å². The predicted molar refractivity (Wildman–Crippen MR) is 107 cm³/mol. The van der Waals surface area contributed by atoms with Crippen molar-refractivity contribution in [1.82, 2.24) is 15.5 Å². The van der Waals surface area contributed by atoms with Crippen LogP contribution in [0.3, 0.4) is 0 Å². The van der Waals surface area contributed by atoms with E-state index in [-0.39, 0.29) is 18.5 Å². The van der Waals surface area contributed by atoms with E-state index in [1.165, 1.54) is 6.07 Å². The van der Waals surface area contributed by atoms with Crippen molar-refractivity contribution in [2.24, 2.45) is 10.9 Å². The Balaban J connectivity index is 2.76. The monoisotopic (exact) mass is 366 g/mol. The molecule has 3 N–H and O–H groups in total. The summed E-state index contributed by atoms with van der Waals surface area (Å²) in [6.07, 6.45) is 2.93. The molecular weight excluding hydrogens is 331 g/mol. The lowest BCUT2D eigenvalue weighted by atomic mass is 10.0. The number of guanidine groups is 1. The van der Waals surface area contributed by atoms with Gasteiger partial charge >= 0.3 is 0 Å².